The van der Waals surface area contributed by atoms with Gasteiger partial charge in [0.05, 0.1) is 18.9 Å². The molecule has 10 heteroatoms. The standard InChI is InChI=1S/C33H32FN5O4/c1-2-20-14-26(30(34)28(15-20)43-24-11-13-42-19-24)31(37-23-8-9-25-22(16-23)10-12-36-32(25)35)33-38-27(17-39(33)18-29(40)41)21-6-4-3-5-7-21/h3-10,12,14-17,24,31,37H,2,11,13,18-19H2,1H3,(H2,35,36)(H,40,41)/t24-,31?/m0/s1. The smallest absolute Gasteiger partial charge is 0.323 e. The third-order valence-corrected chi connectivity index (χ3v) is 7.57. The van der Waals surface area contributed by atoms with Crippen LogP contribution in [0.15, 0.2) is 79.1 Å². The number of hydrogen-bond acceptors (Lipinski definition) is 7. The molecule has 3 heterocycles. The fraction of sp³-hybridized carbons (Fsp3) is 0.242. The van der Waals surface area contributed by atoms with Gasteiger partial charge in [-0.2, -0.15) is 0 Å². The molecular formula is C33H32FN5O4. The molecule has 5 aromatic rings. The first-order valence-electron chi connectivity index (χ1n) is 14.2. The maximum Gasteiger partial charge on any atom is 0.323 e. The summed E-state index contributed by atoms with van der Waals surface area (Å²) in [7, 11) is 0. The molecule has 0 radical (unpaired) electrons. The number of aromatic nitrogens is 3. The molecule has 0 spiro atoms. The molecule has 1 unspecified atom stereocenters. The summed E-state index contributed by atoms with van der Waals surface area (Å²) in [6, 6.07) is 19.5. The molecule has 1 aliphatic heterocycles. The Morgan fingerprint density at radius 3 is 2.79 bits per heavy atom. The van der Waals surface area contributed by atoms with E-state index < -0.39 is 17.8 Å². The quantitative estimate of drug-likeness (QED) is 0.188. The second kappa shape index (κ2) is 12.1. The molecule has 0 amide bonds. The number of benzene rings is 3. The monoisotopic (exact) mass is 581 g/mol. The van der Waals surface area contributed by atoms with Crippen LogP contribution in [0.3, 0.4) is 0 Å². The van der Waals surface area contributed by atoms with Crippen molar-refractivity contribution in [1.82, 2.24) is 14.5 Å². The number of nitrogens with one attached hydrogen (secondary N) is 1. The first kappa shape index (κ1) is 28.2. The molecule has 1 aliphatic rings. The maximum atomic E-state index is 16.5. The van der Waals surface area contributed by atoms with Crippen LogP contribution in [-0.4, -0.2) is 44.9 Å². The number of halogens is 1. The van der Waals surface area contributed by atoms with Gasteiger partial charge < -0.3 is 30.2 Å². The molecule has 9 nitrogen and oxygen atoms in total. The highest BCUT2D eigenvalue weighted by molar-refractivity contribution is 5.93. The van der Waals surface area contributed by atoms with Gasteiger partial charge in [-0.05, 0) is 47.7 Å². The van der Waals surface area contributed by atoms with E-state index >= 15 is 4.39 Å². The van der Waals surface area contributed by atoms with Crippen LogP contribution < -0.4 is 15.8 Å². The van der Waals surface area contributed by atoms with Gasteiger partial charge in [-0.1, -0.05) is 43.3 Å². The lowest BCUT2D eigenvalue weighted by molar-refractivity contribution is -0.137. The van der Waals surface area contributed by atoms with Crippen LogP contribution in [-0.2, 0) is 22.5 Å². The van der Waals surface area contributed by atoms with Gasteiger partial charge in [0, 0.05) is 41.0 Å². The van der Waals surface area contributed by atoms with Crippen molar-refractivity contribution in [2.24, 2.45) is 0 Å². The molecule has 43 heavy (non-hydrogen) atoms. The molecule has 2 aromatic heterocycles. The molecule has 0 bridgehead atoms. The molecule has 0 saturated carbocycles. The van der Waals surface area contributed by atoms with E-state index in [0.29, 0.717) is 54.6 Å². The number of ether oxygens (including phenoxy) is 2. The molecule has 2 atom stereocenters. The second-order valence-electron chi connectivity index (χ2n) is 10.5. The van der Waals surface area contributed by atoms with E-state index in [9.17, 15) is 9.90 Å². The minimum atomic E-state index is -1.04. The van der Waals surface area contributed by atoms with Crippen molar-refractivity contribution >= 4 is 28.2 Å². The second-order valence-corrected chi connectivity index (χ2v) is 10.5. The van der Waals surface area contributed by atoms with E-state index in [2.05, 4.69) is 10.3 Å². The van der Waals surface area contributed by atoms with Gasteiger partial charge in [-0.15, -0.1) is 0 Å². The number of fused-ring (bicyclic) bond motifs is 1. The Morgan fingerprint density at radius 2 is 2.05 bits per heavy atom. The zero-order valence-electron chi connectivity index (χ0n) is 23.7. The number of carboxylic acids is 1. The SMILES string of the molecule is CCc1cc(O[C@H]2CCOC2)c(F)c(C(Nc2ccc3c(N)nccc3c2)c2nc(-c3ccccc3)cn2CC(=O)O)c1. The Labute approximate surface area is 248 Å². The number of carbonyl (C=O) groups is 1. The van der Waals surface area contributed by atoms with Crippen LogP contribution in [0.1, 0.15) is 36.3 Å². The summed E-state index contributed by atoms with van der Waals surface area (Å²) in [5.41, 5.74) is 9.30. The summed E-state index contributed by atoms with van der Waals surface area (Å²) >= 11 is 0. The average molecular weight is 582 g/mol. The molecule has 1 saturated heterocycles. The molecule has 0 aliphatic carbocycles. The third-order valence-electron chi connectivity index (χ3n) is 7.57. The number of rotatable bonds is 10. The van der Waals surface area contributed by atoms with Crippen molar-refractivity contribution in [1.29, 1.82) is 0 Å². The van der Waals surface area contributed by atoms with Crippen molar-refractivity contribution in [3.05, 3.63) is 102 Å². The van der Waals surface area contributed by atoms with Gasteiger partial charge in [0.2, 0.25) is 0 Å². The minimum absolute atomic E-state index is 0.133. The average Bonchev–Trinajstić information content (AvgIpc) is 3.67. The predicted octanol–water partition coefficient (Wildman–Crippen LogP) is 5.84. The lowest BCUT2D eigenvalue weighted by atomic mass is 9.99. The van der Waals surface area contributed by atoms with Gasteiger partial charge in [0.15, 0.2) is 11.6 Å². The maximum absolute atomic E-state index is 16.5. The Bertz CT molecular complexity index is 1770. The summed E-state index contributed by atoms with van der Waals surface area (Å²) in [5.74, 6) is -0.697. The highest BCUT2D eigenvalue weighted by Crippen LogP contribution is 2.36. The van der Waals surface area contributed by atoms with Crippen LogP contribution in [0.2, 0.25) is 0 Å². The summed E-state index contributed by atoms with van der Waals surface area (Å²) in [5, 5.41) is 14.9. The first-order chi connectivity index (χ1) is 20.9. The molecule has 6 rings (SSSR count). The number of imidazole rings is 1. The van der Waals surface area contributed by atoms with Crippen LogP contribution in [0.25, 0.3) is 22.0 Å². The summed E-state index contributed by atoms with van der Waals surface area (Å²) in [6.45, 7) is 2.59. The Kier molecular flexibility index (Phi) is 7.93. The molecular weight excluding hydrogens is 549 g/mol. The number of hydrogen-bond donors (Lipinski definition) is 3. The highest BCUT2D eigenvalue weighted by atomic mass is 19.1. The van der Waals surface area contributed by atoms with E-state index in [1.165, 1.54) is 0 Å². The lowest BCUT2D eigenvalue weighted by Gasteiger charge is -2.24. The highest BCUT2D eigenvalue weighted by Gasteiger charge is 2.29. The number of nitrogens with two attached hydrogens (primary N) is 1. The Morgan fingerprint density at radius 1 is 1.21 bits per heavy atom. The fourth-order valence-electron chi connectivity index (χ4n) is 5.38. The topological polar surface area (TPSA) is 125 Å². The summed E-state index contributed by atoms with van der Waals surface area (Å²) in [4.78, 5) is 21.0. The van der Waals surface area contributed by atoms with E-state index in [-0.39, 0.29) is 18.4 Å². The molecule has 1 fully saturated rings. The number of aryl methyl sites for hydroxylation is 1. The van der Waals surface area contributed by atoms with E-state index in [1.807, 2.05) is 61.5 Å². The van der Waals surface area contributed by atoms with Crippen LogP contribution in [0.4, 0.5) is 15.9 Å². The number of carboxylic acid groups (broad SMARTS) is 1. The van der Waals surface area contributed by atoms with Crippen LogP contribution >= 0.6 is 0 Å². The molecule has 220 valence electrons. The summed E-state index contributed by atoms with van der Waals surface area (Å²) in [6.07, 6.45) is 4.38. The number of anilines is 2. The van der Waals surface area contributed by atoms with Crippen LogP contribution in [0, 0.1) is 5.82 Å². The Hall–Kier alpha value is -4.96. The largest absolute Gasteiger partial charge is 0.485 e. The van der Waals surface area contributed by atoms with Crippen molar-refractivity contribution in [3.8, 4) is 17.0 Å². The molecule has 4 N–H and O–H groups in total. The van der Waals surface area contributed by atoms with E-state index in [1.54, 1.807) is 29.1 Å². The van der Waals surface area contributed by atoms with Crippen molar-refractivity contribution in [2.45, 2.75) is 38.5 Å². The van der Waals surface area contributed by atoms with Crippen molar-refractivity contribution in [2.75, 3.05) is 24.3 Å². The van der Waals surface area contributed by atoms with Gasteiger partial charge in [-0.25, -0.2) is 14.4 Å². The number of aliphatic carboxylic acids is 1. The predicted molar refractivity (Wildman–Crippen MR) is 163 cm³/mol. The number of nitrogens with zero attached hydrogens (tertiary/aromatic N) is 3. The first-order valence-corrected chi connectivity index (χ1v) is 14.2. The van der Waals surface area contributed by atoms with E-state index in [4.69, 9.17) is 20.2 Å². The third kappa shape index (κ3) is 6.00. The number of pyridine rings is 1. The molecule has 3 aromatic carbocycles. The zero-order chi connectivity index (χ0) is 29.9. The van der Waals surface area contributed by atoms with Gasteiger partial charge in [-0.3, -0.25) is 4.79 Å². The zero-order valence-corrected chi connectivity index (χ0v) is 23.7. The number of nitrogen functional groups attached to an aromatic ring is 1. The fourth-order valence-corrected chi connectivity index (χ4v) is 5.38. The lowest BCUT2D eigenvalue weighted by Crippen LogP contribution is -2.22. The van der Waals surface area contributed by atoms with E-state index in [0.717, 1.165) is 21.9 Å². The van der Waals surface area contributed by atoms with Gasteiger partial charge in [0.1, 0.15) is 30.3 Å². The van der Waals surface area contributed by atoms with Crippen molar-refractivity contribution in [3.63, 3.8) is 0 Å². The minimum Gasteiger partial charge on any atom is -0.485 e. The Balaban J connectivity index is 1.52. The normalized spacial score (nSPS) is 15.4. The van der Waals surface area contributed by atoms with Crippen LogP contribution in [0.5, 0.6) is 5.75 Å². The summed E-state index contributed by atoms with van der Waals surface area (Å²) < 4.78 is 29.6. The van der Waals surface area contributed by atoms with Crippen molar-refractivity contribution < 1.29 is 23.8 Å². The van der Waals surface area contributed by atoms with Gasteiger partial charge >= 0.3 is 5.97 Å². The van der Waals surface area contributed by atoms with Gasteiger partial charge in [0.25, 0.3) is 0 Å².